The van der Waals surface area contributed by atoms with Crippen LogP contribution in [0.25, 0.3) is 11.4 Å². The normalized spacial score (nSPS) is 14.1. The number of ketones is 1. The van der Waals surface area contributed by atoms with Crippen LogP contribution in [-0.2, 0) is 6.42 Å². The van der Waals surface area contributed by atoms with E-state index in [0.717, 1.165) is 29.8 Å². The predicted molar refractivity (Wildman–Crippen MR) is 80.5 cm³/mol. The number of aryl methyl sites for hydroxylation is 1. The second kappa shape index (κ2) is 5.64. The first-order valence-corrected chi connectivity index (χ1v) is 7.29. The van der Waals surface area contributed by atoms with Gasteiger partial charge in [-0.3, -0.25) is 4.79 Å². The van der Waals surface area contributed by atoms with Crippen molar-refractivity contribution in [3.05, 3.63) is 41.7 Å². The van der Waals surface area contributed by atoms with Crippen molar-refractivity contribution >= 4 is 5.78 Å². The average Bonchev–Trinajstić information content (AvgIpc) is 2.47. The molecule has 0 amide bonds. The van der Waals surface area contributed by atoms with Gasteiger partial charge >= 0.3 is 0 Å². The van der Waals surface area contributed by atoms with E-state index >= 15 is 0 Å². The zero-order valence-corrected chi connectivity index (χ0v) is 12.3. The molecular weight excluding hydrogens is 264 g/mol. The monoisotopic (exact) mass is 282 g/mol. The predicted octanol–water partition coefficient (Wildman–Crippen LogP) is 3.45. The number of carbonyl (C=O) groups is 1. The Hall–Kier alpha value is -2.23. The number of hydrogen-bond acceptors (Lipinski definition) is 4. The first kappa shape index (κ1) is 13.7. The van der Waals surface area contributed by atoms with Crippen molar-refractivity contribution in [2.24, 2.45) is 0 Å². The van der Waals surface area contributed by atoms with Gasteiger partial charge in [0, 0.05) is 18.2 Å². The zero-order chi connectivity index (χ0) is 14.8. The topological polar surface area (TPSA) is 52.1 Å². The Balaban J connectivity index is 1.88. The van der Waals surface area contributed by atoms with E-state index in [9.17, 15) is 4.79 Å². The number of rotatable bonds is 3. The number of Topliss-reactive ketones (excluding diaryl/α,β-unsaturated/α-hetero) is 1. The molecule has 2 aromatic rings. The van der Waals surface area contributed by atoms with E-state index in [0.29, 0.717) is 17.8 Å². The summed E-state index contributed by atoms with van der Waals surface area (Å²) in [6, 6.07) is 7.74. The first-order valence-electron chi connectivity index (χ1n) is 7.29. The Morgan fingerprint density at radius 3 is 2.62 bits per heavy atom. The van der Waals surface area contributed by atoms with Crippen LogP contribution >= 0.6 is 0 Å². The fourth-order valence-corrected chi connectivity index (χ4v) is 2.49. The van der Waals surface area contributed by atoms with E-state index in [-0.39, 0.29) is 11.9 Å². The Kier molecular flexibility index (Phi) is 3.69. The average molecular weight is 282 g/mol. The molecule has 4 nitrogen and oxygen atoms in total. The molecule has 0 radical (unpaired) electrons. The summed E-state index contributed by atoms with van der Waals surface area (Å²) in [4.78, 5) is 20.7. The number of benzene rings is 1. The van der Waals surface area contributed by atoms with Gasteiger partial charge in [-0.15, -0.1) is 0 Å². The number of nitrogens with zero attached hydrogens (tertiary/aromatic N) is 2. The van der Waals surface area contributed by atoms with E-state index in [1.54, 1.807) is 6.20 Å². The van der Waals surface area contributed by atoms with Gasteiger partial charge in [0.15, 0.2) is 11.6 Å². The molecule has 21 heavy (non-hydrogen) atoms. The molecule has 0 atom stereocenters. The van der Waals surface area contributed by atoms with Gasteiger partial charge in [0.2, 0.25) is 0 Å². The van der Waals surface area contributed by atoms with Crippen LogP contribution < -0.4 is 4.74 Å². The highest BCUT2D eigenvalue weighted by molar-refractivity contribution is 5.97. The summed E-state index contributed by atoms with van der Waals surface area (Å²) in [7, 11) is 0. The third-order valence-electron chi connectivity index (χ3n) is 3.47. The molecule has 0 spiro atoms. The molecule has 1 aliphatic carbocycles. The molecule has 0 saturated heterocycles. The molecule has 1 aromatic heterocycles. The lowest BCUT2D eigenvalue weighted by molar-refractivity contribution is 0.0971. The van der Waals surface area contributed by atoms with Crippen LogP contribution in [0, 0.1) is 0 Å². The second-order valence-corrected chi connectivity index (χ2v) is 5.52. The van der Waals surface area contributed by atoms with E-state index in [1.165, 1.54) is 0 Å². The fraction of sp³-hybridized carbons (Fsp3) is 0.353. The molecule has 1 heterocycles. The summed E-state index contributed by atoms with van der Waals surface area (Å²) >= 11 is 0. The minimum Gasteiger partial charge on any atom is -0.491 e. The van der Waals surface area contributed by atoms with Crippen LogP contribution in [0.4, 0.5) is 0 Å². The number of fused-ring (bicyclic) bond motifs is 1. The third-order valence-corrected chi connectivity index (χ3v) is 3.47. The molecule has 0 unspecified atom stereocenters. The molecule has 0 aliphatic heterocycles. The standard InChI is InChI=1S/C17H18N2O2/c1-11(2)21-13-8-6-12(7-9-13)17-18-10-14-15(19-17)4-3-5-16(14)20/h6-11H,3-5H2,1-2H3. The van der Waals surface area contributed by atoms with Gasteiger partial charge in [-0.25, -0.2) is 9.97 Å². The highest BCUT2D eigenvalue weighted by Crippen LogP contribution is 2.24. The van der Waals surface area contributed by atoms with Crippen LogP contribution in [0.15, 0.2) is 30.5 Å². The quantitative estimate of drug-likeness (QED) is 0.865. The van der Waals surface area contributed by atoms with Crippen LogP contribution in [0.3, 0.4) is 0 Å². The molecule has 0 fully saturated rings. The molecule has 1 aromatic carbocycles. The lowest BCUT2D eigenvalue weighted by Gasteiger charge is -2.14. The minimum absolute atomic E-state index is 0.154. The number of hydrogen-bond donors (Lipinski definition) is 0. The maximum absolute atomic E-state index is 11.8. The highest BCUT2D eigenvalue weighted by atomic mass is 16.5. The maximum Gasteiger partial charge on any atom is 0.166 e. The van der Waals surface area contributed by atoms with Crippen molar-refractivity contribution in [3.8, 4) is 17.1 Å². The Morgan fingerprint density at radius 1 is 1.14 bits per heavy atom. The Labute approximate surface area is 124 Å². The van der Waals surface area contributed by atoms with Crippen molar-refractivity contribution in [1.29, 1.82) is 0 Å². The Morgan fingerprint density at radius 2 is 1.90 bits per heavy atom. The summed E-state index contributed by atoms with van der Waals surface area (Å²) in [5.41, 5.74) is 2.50. The van der Waals surface area contributed by atoms with E-state index in [2.05, 4.69) is 9.97 Å². The summed E-state index contributed by atoms with van der Waals surface area (Å²) in [5.74, 6) is 1.66. The SMILES string of the molecule is CC(C)Oc1ccc(-c2ncc3c(n2)CCCC3=O)cc1. The lowest BCUT2D eigenvalue weighted by Crippen LogP contribution is -2.13. The van der Waals surface area contributed by atoms with E-state index in [4.69, 9.17) is 4.74 Å². The summed E-state index contributed by atoms with van der Waals surface area (Å²) in [6.45, 7) is 4.00. The van der Waals surface area contributed by atoms with Crippen molar-refractivity contribution in [3.63, 3.8) is 0 Å². The van der Waals surface area contributed by atoms with Crippen molar-refractivity contribution < 1.29 is 9.53 Å². The van der Waals surface area contributed by atoms with E-state index < -0.39 is 0 Å². The number of carbonyl (C=O) groups excluding carboxylic acids is 1. The van der Waals surface area contributed by atoms with Crippen LogP contribution in [0.5, 0.6) is 5.75 Å². The van der Waals surface area contributed by atoms with Crippen LogP contribution in [0.2, 0.25) is 0 Å². The van der Waals surface area contributed by atoms with Crippen molar-refractivity contribution in [1.82, 2.24) is 9.97 Å². The maximum atomic E-state index is 11.8. The molecule has 4 heteroatoms. The molecule has 3 rings (SSSR count). The number of ether oxygens (including phenoxy) is 1. The summed E-state index contributed by atoms with van der Waals surface area (Å²) < 4.78 is 5.62. The van der Waals surface area contributed by atoms with Gasteiger partial charge in [0.05, 0.1) is 17.4 Å². The molecule has 1 aliphatic rings. The lowest BCUT2D eigenvalue weighted by atomic mass is 9.96. The number of aromatic nitrogens is 2. The molecule has 108 valence electrons. The van der Waals surface area contributed by atoms with Gasteiger partial charge in [0.25, 0.3) is 0 Å². The van der Waals surface area contributed by atoms with Gasteiger partial charge < -0.3 is 4.74 Å². The Bertz CT molecular complexity index is 663. The van der Waals surface area contributed by atoms with Gasteiger partial charge in [-0.05, 0) is 51.0 Å². The van der Waals surface area contributed by atoms with Crippen molar-refractivity contribution in [2.75, 3.05) is 0 Å². The van der Waals surface area contributed by atoms with Crippen LogP contribution in [-0.4, -0.2) is 21.9 Å². The smallest absolute Gasteiger partial charge is 0.166 e. The third kappa shape index (κ3) is 2.94. The zero-order valence-electron chi connectivity index (χ0n) is 12.3. The molecule has 0 N–H and O–H groups in total. The van der Waals surface area contributed by atoms with Gasteiger partial charge in [-0.2, -0.15) is 0 Å². The van der Waals surface area contributed by atoms with Crippen molar-refractivity contribution in [2.45, 2.75) is 39.2 Å². The fourth-order valence-electron chi connectivity index (χ4n) is 2.49. The van der Waals surface area contributed by atoms with Crippen LogP contribution in [0.1, 0.15) is 42.7 Å². The van der Waals surface area contributed by atoms with E-state index in [1.807, 2.05) is 38.1 Å². The highest BCUT2D eigenvalue weighted by Gasteiger charge is 2.19. The second-order valence-electron chi connectivity index (χ2n) is 5.52. The van der Waals surface area contributed by atoms with Gasteiger partial charge in [-0.1, -0.05) is 0 Å². The molecule has 0 saturated carbocycles. The molecule has 0 bridgehead atoms. The largest absolute Gasteiger partial charge is 0.491 e. The summed E-state index contributed by atoms with van der Waals surface area (Å²) in [5, 5.41) is 0. The molecular formula is C17H18N2O2. The minimum atomic E-state index is 0.154. The first-order chi connectivity index (χ1) is 10.1. The van der Waals surface area contributed by atoms with Gasteiger partial charge in [0.1, 0.15) is 5.75 Å². The summed E-state index contributed by atoms with van der Waals surface area (Å²) in [6.07, 6.45) is 4.16.